The van der Waals surface area contributed by atoms with Crippen LogP contribution in [0, 0.1) is 0 Å². The highest BCUT2D eigenvalue weighted by Crippen LogP contribution is 2.26. The molecule has 0 saturated carbocycles. The largest absolute Gasteiger partial charge is 0.496 e. The summed E-state index contributed by atoms with van der Waals surface area (Å²) in [6.07, 6.45) is 2.36. The van der Waals surface area contributed by atoms with Gasteiger partial charge in [-0.15, -0.1) is 0 Å². The number of ether oxygens (including phenoxy) is 2. The zero-order chi connectivity index (χ0) is 16.0. The maximum Gasteiger partial charge on any atom is 0.242 e. The summed E-state index contributed by atoms with van der Waals surface area (Å²) in [6, 6.07) is 10.4. The number of nitrogens with zero attached hydrogens (tertiary/aromatic N) is 1. The summed E-state index contributed by atoms with van der Waals surface area (Å²) in [5.74, 6) is 0.648. The van der Waals surface area contributed by atoms with Crippen molar-refractivity contribution in [2.45, 2.75) is 11.0 Å². The molecule has 0 aliphatic carbocycles. The minimum absolute atomic E-state index is 0.0914. The Labute approximate surface area is 130 Å². The van der Waals surface area contributed by atoms with Gasteiger partial charge in [-0.25, -0.2) is 13.1 Å². The molecule has 0 spiro atoms. The molecule has 2 rings (SSSR count). The molecule has 1 heterocycles. The van der Waals surface area contributed by atoms with Crippen molar-refractivity contribution in [1.82, 2.24) is 9.71 Å². The van der Waals surface area contributed by atoms with Gasteiger partial charge in [0, 0.05) is 31.6 Å². The van der Waals surface area contributed by atoms with Gasteiger partial charge in [-0.2, -0.15) is 0 Å². The fourth-order valence-electron chi connectivity index (χ4n) is 2.03. The molecule has 22 heavy (non-hydrogen) atoms. The Bertz CT molecular complexity index is 704. The molecule has 0 bridgehead atoms. The highest BCUT2D eigenvalue weighted by Gasteiger charge is 2.20. The molecule has 118 valence electrons. The van der Waals surface area contributed by atoms with E-state index in [1.807, 2.05) is 18.2 Å². The summed E-state index contributed by atoms with van der Waals surface area (Å²) < 4.78 is 37.6. The number of rotatable bonds is 7. The Morgan fingerprint density at radius 2 is 1.95 bits per heavy atom. The van der Waals surface area contributed by atoms with Crippen LogP contribution in [-0.2, 0) is 14.8 Å². The Kier molecular flexibility index (Phi) is 5.48. The molecule has 7 heteroatoms. The van der Waals surface area contributed by atoms with Crippen LogP contribution in [0.5, 0.6) is 5.75 Å². The lowest BCUT2D eigenvalue weighted by atomic mass is 10.1. The van der Waals surface area contributed by atoms with Crippen LogP contribution >= 0.6 is 0 Å². The van der Waals surface area contributed by atoms with Crippen LogP contribution in [0.15, 0.2) is 53.7 Å². The predicted molar refractivity (Wildman–Crippen MR) is 82.2 cm³/mol. The molecule has 1 aromatic heterocycles. The molecule has 0 amide bonds. The number of hydrogen-bond acceptors (Lipinski definition) is 5. The van der Waals surface area contributed by atoms with Crippen molar-refractivity contribution in [2.24, 2.45) is 0 Å². The fourth-order valence-corrected chi connectivity index (χ4v) is 3.02. The Morgan fingerprint density at radius 1 is 1.18 bits per heavy atom. The lowest BCUT2D eigenvalue weighted by Crippen LogP contribution is -2.29. The average molecular weight is 322 g/mol. The van der Waals surface area contributed by atoms with E-state index in [4.69, 9.17) is 9.47 Å². The molecule has 1 unspecified atom stereocenters. The van der Waals surface area contributed by atoms with E-state index in [2.05, 4.69) is 9.71 Å². The maximum absolute atomic E-state index is 12.2. The third-order valence-corrected chi connectivity index (χ3v) is 4.58. The molecule has 0 aliphatic rings. The van der Waals surface area contributed by atoms with Crippen molar-refractivity contribution in [3.63, 3.8) is 0 Å². The van der Waals surface area contributed by atoms with Crippen molar-refractivity contribution < 1.29 is 17.9 Å². The molecule has 0 saturated heterocycles. The summed E-state index contributed by atoms with van der Waals surface area (Å²) in [4.78, 5) is 3.93. The third kappa shape index (κ3) is 3.82. The second-order valence-electron chi connectivity index (χ2n) is 4.51. The molecule has 0 fully saturated rings. The van der Waals surface area contributed by atoms with E-state index in [1.54, 1.807) is 19.2 Å². The topological polar surface area (TPSA) is 77.5 Å². The molecule has 0 aliphatic heterocycles. The minimum atomic E-state index is -3.63. The Balaban J connectivity index is 2.15. The Hall–Kier alpha value is -1.96. The number of para-hydroxylation sites is 1. The molecule has 6 nitrogen and oxygen atoms in total. The van der Waals surface area contributed by atoms with Gasteiger partial charge in [0.25, 0.3) is 0 Å². The second-order valence-corrected chi connectivity index (χ2v) is 6.27. The highest BCUT2D eigenvalue weighted by molar-refractivity contribution is 7.89. The molecule has 1 aromatic carbocycles. The van der Waals surface area contributed by atoms with E-state index in [-0.39, 0.29) is 11.4 Å². The van der Waals surface area contributed by atoms with Gasteiger partial charge < -0.3 is 9.47 Å². The quantitative estimate of drug-likeness (QED) is 0.840. The van der Waals surface area contributed by atoms with Crippen molar-refractivity contribution in [2.75, 3.05) is 20.8 Å². The summed E-state index contributed by atoms with van der Waals surface area (Å²) >= 11 is 0. The normalized spacial score (nSPS) is 12.8. The van der Waals surface area contributed by atoms with E-state index in [0.717, 1.165) is 5.56 Å². The highest BCUT2D eigenvalue weighted by atomic mass is 32.2. The lowest BCUT2D eigenvalue weighted by molar-refractivity contribution is 0.105. The smallest absolute Gasteiger partial charge is 0.242 e. The number of aromatic nitrogens is 1. The van der Waals surface area contributed by atoms with Gasteiger partial charge in [0.15, 0.2) is 0 Å². The van der Waals surface area contributed by atoms with Crippen molar-refractivity contribution in [3.8, 4) is 5.75 Å². The van der Waals surface area contributed by atoms with Crippen molar-refractivity contribution >= 4 is 10.0 Å². The third-order valence-electron chi connectivity index (χ3n) is 3.17. The lowest BCUT2D eigenvalue weighted by Gasteiger charge is -2.19. The average Bonchev–Trinajstić information content (AvgIpc) is 2.56. The maximum atomic E-state index is 12.2. The summed E-state index contributed by atoms with van der Waals surface area (Å²) in [7, 11) is -0.542. The molecule has 1 N–H and O–H groups in total. The van der Waals surface area contributed by atoms with Gasteiger partial charge in [0.1, 0.15) is 10.6 Å². The SMILES string of the molecule is COc1ccccc1C(CNS(=O)(=O)c1cccnc1)OC. The summed E-state index contributed by atoms with van der Waals surface area (Å²) in [6.45, 7) is 0.0914. The molecule has 2 aromatic rings. The standard InChI is InChI=1S/C15H18N2O4S/c1-20-14-8-4-3-7-13(14)15(21-2)11-17-22(18,19)12-6-5-9-16-10-12/h3-10,15,17H,11H2,1-2H3. The number of sulfonamides is 1. The van der Waals surface area contributed by atoms with E-state index in [0.29, 0.717) is 5.75 Å². The van der Waals surface area contributed by atoms with Gasteiger partial charge >= 0.3 is 0 Å². The molecular weight excluding hydrogens is 304 g/mol. The predicted octanol–water partition coefficient (Wildman–Crippen LogP) is 1.76. The first kappa shape index (κ1) is 16.4. The second kappa shape index (κ2) is 7.35. The number of pyridine rings is 1. The monoisotopic (exact) mass is 322 g/mol. The van der Waals surface area contributed by atoms with Gasteiger partial charge in [-0.1, -0.05) is 18.2 Å². The van der Waals surface area contributed by atoms with Crippen molar-refractivity contribution in [3.05, 3.63) is 54.4 Å². The molecule has 0 radical (unpaired) electrons. The van der Waals surface area contributed by atoms with Crippen LogP contribution in [0.3, 0.4) is 0 Å². The van der Waals surface area contributed by atoms with Crippen LogP contribution in [0.1, 0.15) is 11.7 Å². The van der Waals surface area contributed by atoms with E-state index in [9.17, 15) is 8.42 Å². The number of hydrogen-bond donors (Lipinski definition) is 1. The van der Waals surface area contributed by atoms with Crippen LogP contribution < -0.4 is 9.46 Å². The number of nitrogens with one attached hydrogen (secondary N) is 1. The zero-order valence-corrected chi connectivity index (χ0v) is 13.2. The number of benzene rings is 1. The van der Waals surface area contributed by atoms with Crippen LogP contribution in [0.4, 0.5) is 0 Å². The number of methoxy groups -OCH3 is 2. The summed E-state index contributed by atoms with van der Waals surface area (Å²) in [5.41, 5.74) is 0.779. The van der Waals surface area contributed by atoms with Crippen molar-refractivity contribution in [1.29, 1.82) is 0 Å². The van der Waals surface area contributed by atoms with E-state index in [1.165, 1.54) is 25.6 Å². The van der Waals surface area contributed by atoms with Gasteiger partial charge in [-0.05, 0) is 18.2 Å². The fraction of sp³-hybridized carbons (Fsp3) is 0.267. The molecule has 1 atom stereocenters. The van der Waals surface area contributed by atoms with E-state index >= 15 is 0 Å². The van der Waals surface area contributed by atoms with Gasteiger partial charge in [0.05, 0.1) is 13.2 Å². The van der Waals surface area contributed by atoms with Crippen LogP contribution in [-0.4, -0.2) is 34.2 Å². The van der Waals surface area contributed by atoms with Gasteiger partial charge in [0.2, 0.25) is 10.0 Å². The van der Waals surface area contributed by atoms with Crippen LogP contribution in [0.2, 0.25) is 0 Å². The van der Waals surface area contributed by atoms with E-state index < -0.39 is 16.1 Å². The van der Waals surface area contributed by atoms with Crippen LogP contribution in [0.25, 0.3) is 0 Å². The Morgan fingerprint density at radius 3 is 2.59 bits per heavy atom. The first-order valence-electron chi connectivity index (χ1n) is 6.64. The minimum Gasteiger partial charge on any atom is -0.496 e. The zero-order valence-electron chi connectivity index (χ0n) is 12.4. The first-order chi connectivity index (χ1) is 10.6. The van der Waals surface area contributed by atoms with Gasteiger partial charge in [-0.3, -0.25) is 4.98 Å². The summed E-state index contributed by atoms with van der Waals surface area (Å²) in [5, 5.41) is 0. The molecular formula is C15H18N2O4S. The first-order valence-corrected chi connectivity index (χ1v) is 8.12.